The molecule has 1 aromatic rings. The van der Waals surface area contributed by atoms with Crippen molar-refractivity contribution < 1.29 is 0 Å². The van der Waals surface area contributed by atoms with E-state index >= 15 is 0 Å². The Hall–Kier alpha value is -0.0800. The average Bonchev–Trinajstić information content (AvgIpc) is 2.28. The molecule has 1 aliphatic rings. The highest BCUT2D eigenvalue weighted by atomic mass is 79.9. The zero-order valence-electron chi connectivity index (χ0n) is 7.84. The summed E-state index contributed by atoms with van der Waals surface area (Å²) in [5.41, 5.74) is 3.08. The van der Waals surface area contributed by atoms with E-state index in [0.717, 1.165) is 17.1 Å². The maximum Gasteiger partial charge on any atom is 0.0134 e. The van der Waals surface area contributed by atoms with Crippen molar-refractivity contribution >= 4 is 37.9 Å². The third kappa shape index (κ3) is 1.82. The van der Waals surface area contributed by atoms with Crippen molar-refractivity contribution in [2.45, 2.75) is 6.42 Å². The number of allylic oxidation sites excluding steroid dienone is 1. The van der Waals surface area contributed by atoms with E-state index in [1.807, 2.05) is 0 Å². The molecule has 14 heavy (non-hydrogen) atoms. The lowest BCUT2D eigenvalue weighted by molar-refractivity contribution is 0.504. The van der Waals surface area contributed by atoms with Gasteiger partial charge in [0, 0.05) is 16.1 Å². The first kappa shape index (κ1) is 10.4. The van der Waals surface area contributed by atoms with Gasteiger partial charge in [-0.3, -0.25) is 0 Å². The Kier molecular flexibility index (Phi) is 3.13. The van der Waals surface area contributed by atoms with Crippen LogP contribution < -0.4 is 0 Å². The minimum Gasteiger partial charge on any atom is -0.0918 e. The smallest absolute Gasteiger partial charge is 0.0134 e. The Morgan fingerprint density at radius 2 is 1.86 bits per heavy atom. The van der Waals surface area contributed by atoms with Gasteiger partial charge in [-0.15, -0.1) is 0 Å². The molecule has 2 rings (SSSR count). The standard InChI is InChI=1S/C12H12Br2/c13-8-12(9-14)6-5-10-3-1-2-4-11(10)7-12/h1-6H,7-9H2. The molecule has 0 nitrogen and oxygen atoms in total. The summed E-state index contributed by atoms with van der Waals surface area (Å²) >= 11 is 7.20. The highest BCUT2D eigenvalue weighted by Gasteiger charge is 2.28. The van der Waals surface area contributed by atoms with Crippen LogP contribution in [-0.2, 0) is 6.42 Å². The topological polar surface area (TPSA) is 0 Å². The normalized spacial score (nSPS) is 17.9. The van der Waals surface area contributed by atoms with Crippen LogP contribution in [0.4, 0.5) is 0 Å². The van der Waals surface area contributed by atoms with Gasteiger partial charge in [-0.1, -0.05) is 68.3 Å². The van der Waals surface area contributed by atoms with Gasteiger partial charge in [-0.05, 0) is 17.5 Å². The predicted molar refractivity (Wildman–Crippen MR) is 69.2 cm³/mol. The molecule has 2 heteroatoms. The molecule has 0 unspecified atom stereocenters. The zero-order valence-corrected chi connectivity index (χ0v) is 11.0. The summed E-state index contributed by atoms with van der Waals surface area (Å²) in [6.45, 7) is 0. The molecule has 0 atom stereocenters. The van der Waals surface area contributed by atoms with Crippen LogP contribution in [0.3, 0.4) is 0 Å². The van der Waals surface area contributed by atoms with Crippen LogP contribution in [0.2, 0.25) is 0 Å². The monoisotopic (exact) mass is 314 g/mol. The molecular weight excluding hydrogens is 304 g/mol. The molecule has 0 heterocycles. The van der Waals surface area contributed by atoms with E-state index in [9.17, 15) is 0 Å². The molecule has 0 N–H and O–H groups in total. The van der Waals surface area contributed by atoms with Gasteiger partial charge >= 0.3 is 0 Å². The van der Waals surface area contributed by atoms with E-state index < -0.39 is 0 Å². The molecule has 1 aliphatic carbocycles. The van der Waals surface area contributed by atoms with Crippen molar-refractivity contribution in [2.75, 3.05) is 10.7 Å². The third-order valence-electron chi connectivity index (χ3n) is 2.75. The number of fused-ring (bicyclic) bond motifs is 1. The van der Waals surface area contributed by atoms with Gasteiger partial charge in [-0.25, -0.2) is 0 Å². The predicted octanol–water partition coefficient (Wildman–Crippen LogP) is 4.03. The highest BCUT2D eigenvalue weighted by molar-refractivity contribution is 9.09. The molecule has 0 spiro atoms. The van der Waals surface area contributed by atoms with Gasteiger partial charge in [0.05, 0.1) is 0 Å². The number of benzene rings is 1. The molecule has 0 bridgehead atoms. The van der Waals surface area contributed by atoms with Crippen molar-refractivity contribution in [2.24, 2.45) is 5.41 Å². The second-order valence-corrected chi connectivity index (χ2v) is 4.96. The molecule has 0 radical (unpaired) electrons. The highest BCUT2D eigenvalue weighted by Crippen LogP contribution is 2.35. The Morgan fingerprint density at radius 3 is 2.57 bits per heavy atom. The Balaban J connectivity index is 2.37. The van der Waals surface area contributed by atoms with Gasteiger partial charge in [0.2, 0.25) is 0 Å². The summed E-state index contributed by atoms with van der Waals surface area (Å²) in [4.78, 5) is 0. The minimum absolute atomic E-state index is 0.258. The van der Waals surface area contributed by atoms with Gasteiger partial charge in [0.15, 0.2) is 0 Å². The van der Waals surface area contributed by atoms with Crippen LogP contribution in [0.25, 0.3) is 6.08 Å². The summed E-state index contributed by atoms with van der Waals surface area (Å²) in [5.74, 6) is 0. The Labute approximate surface area is 102 Å². The lowest BCUT2D eigenvalue weighted by Gasteiger charge is -2.30. The van der Waals surface area contributed by atoms with Crippen molar-refractivity contribution in [1.82, 2.24) is 0 Å². The molecule has 1 aromatic carbocycles. The van der Waals surface area contributed by atoms with Crippen LogP contribution in [0, 0.1) is 5.41 Å². The fourth-order valence-corrected chi connectivity index (χ4v) is 3.48. The van der Waals surface area contributed by atoms with E-state index in [4.69, 9.17) is 0 Å². The van der Waals surface area contributed by atoms with Crippen molar-refractivity contribution in [3.05, 3.63) is 41.5 Å². The zero-order chi connectivity index (χ0) is 10.0. The molecular formula is C12H12Br2. The van der Waals surface area contributed by atoms with E-state index in [0.29, 0.717) is 0 Å². The van der Waals surface area contributed by atoms with Gasteiger partial charge < -0.3 is 0 Å². The molecule has 0 fully saturated rings. The Bertz CT molecular complexity index is 351. The van der Waals surface area contributed by atoms with Crippen molar-refractivity contribution in [3.63, 3.8) is 0 Å². The lowest BCUT2D eigenvalue weighted by atomic mass is 9.79. The third-order valence-corrected chi connectivity index (χ3v) is 4.98. The summed E-state index contributed by atoms with van der Waals surface area (Å²) in [5, 5.41) is 2.02. The number of hydrogen-bond donors (Lipinski definition) is 0. The summed E-state index contributed by atoms with van der Waals surface area (Å²) in [6, 6.07) is 8.61. The number of hydrogen-bond acceptors (Lipinski definition) is 0. The SMILES string of the molecule is BrCC1(CBr)C=Cc2ccccc2C1. The van der Waals surface area contributed by atoms with Crippen LogP contribution in [-0.4, -0.2) is 10.7 Å². The summed E-state index contributed by atoms with van der Waals surface area (Å²) in [7, 11) is 0. The quantitative estimate of drug-likeness (QED) is 0.723. The number of rotatable bonds is 2. The molecule has 0 amide bonds. The van der Waals surface area contributed by atoms with Gasteiger partial charge in [-0.2, -0.15) is 0 Å². The number of halogens is 2. The summed E-state index contributed by atoms with van der Waals surface area (Å²) < 4.78 is 0. The maximum atomic E-state index is 3.60. The second kappa shape index (κ2) is 4.19. The first-order chi connectivity index (χ1) is 6.79. The fraction of sp³-hybridized carbons (Fsp3) is 0.333. The lowest BCUT2D eigenvalue weighted by Crippen LogP contribution is -2.27. The van der Waals surface area contributed by atoms with Crippen LogP contribution in [0.1, 0.15) is 11.1 Å². The fourth-order valence-electron chi connectivity index (χ4n) is 1.78. The average molecular weight is 316 g/mol. The molecule has 0 saturated heterocycles. The van der Waals surface area contributed by atoms with Crippen LogP contribution in [0.15, 0.2) is 30.3 Å². The maximum absolute atomic E-state index is 3.60. The first-order valence-corrected chi connectivity index (χ1v) is 6.93. The van der Waals surface area contributed by atoms with E-state index in [1.165, 1.54) is 11.1 Å². The molecule has 0 aliphatic heterocycles. The van der Waals surface area contributed by atoms with Gasteiger partial charge in [0.25, 0.3) is 0 Å². The summed E-state index contributed by atoms with van der Waals surface area (Å²) in [6.07, 6.45) is 5.68. The second-order valence-electron chi connectivity index (χ2n) is 3.84. The first-order valence-electron chi connectivity index (χ1n) is 4.69. The minimum atomic E-state index is 0.258. The van der Waals surface area contributed by atoms with E-state index in [-0.39, 0.29) is 5.41 Å². The van der Waals surface area contributed by atoms with Crippen LogP contribution >= 0.6 is 31.9 Å². The van der Waals surface area contributed by atoms with E-state index in [2.05, 4.69) is 68.3 Å². The number of alkyl halides is 2. The van der Waals surface area contributed by atoms with Gasteiger partial charge in [0.1, 0.15) is 0 Å². The Morgan fingerprint density at radius 1 is 1.14 bits per heavy atom. The molecule has 0 saturated carbocycles. The largest absolute Gasteiger partial charge is 0.0918 e. The van der Waals surface area contributed by atoms with E-state index in [1.54, 1.807) is 0 Å². The molecule has 0 aromatic heterocycles. The van der Waals surface area contributed by atoms with Crippen molar-refractivity contribution in [3.8, 4) is 0 Å². The molecule has 74 valence electrons. The van der Waals surface area contributed by atoms with Crippen LogP contribution in [0.5, 0.6) is 0 Å². The van der Waals surface area contributed by atoms with Crippen molar-refractivity contribution in [1.29, 1.82) is 0 Å².